The Morgan fingerprint density at radius 1 is 0.806 bits per heavy atom. The highest BCUT2D eigenvalue weighted by Crippen LogP contribution is 2.32. The molecule has 1 N–H and O–H groups in total. The Kier molecular flexibility index (Phi) is 5.71. The number of carbonyl (C=O) groups is 1. The van der Waals surface area contributed by atoms with Crippen molar-refractivity contribution in [3.8, 4) is 28.5 Å². The number of aromatic nitrogens is 1. The average molecular weight is 414 g/mol. The number of pyridine rings is 1. The molecule has 0 aliphatic heterocycles. The number of carbonyl (C=O) groups excluding carboxylic acids is 1. The minimum Gasteiger partial charge on any atom is -0.497 e. The van der Waals surface area contributed by atoms with Crippen molar-refractivity contribution in [1.82, 2.24) is 4.98 Å². The average Bonchev–Trinajstić information content (AvgIpc) is 2.83. The maximum atomic E-state index is 12.6. The quantitative estimate of drug-likeness (QED) is 0.471. The Balaban J connectivity index is 1.66. The van der Waals surface area contributed by atoms with E-state index in [2.05, 4.69) is 5.32 Å². The number of ether oxygens (including phenoxy) is 3. The van der Waals surface area contributed by atoms with Crippen molar-refractivity contribution < 1.29 is 19.0 Å². The third-order valence-corrected chi connectivity index (χ3v) is 4.97. The number of anilines is 1. The summed E-state index contributed by atoms with van der Waals surface area (Å²) in [6, 6.07) is 22.1. The third kappa shape index (κ3) is 4.28. The lowest BCUT2D eigenvalue weighted by Gasteiger charge is -2.12. The van der Waals surface area contributed by atoms with Gasteiger partial charge in [-0.15, -0.1) is 0 Å². The highest BCUT2D eigenvalue weighted by molar-refractivity contribution is 6.05. The van der Waals surface area contributed by atoms with Crippen molar-refractivity contribution in [2.45, 2.75) is 0 Å². The van der Waals surface area contributed by atoms with Crippen molar-refractivity contribution in [3.05, 3.63) is 78.4 Å². The number of benzene rings is 3. The van der Waals surface area contributed by atoms with Gasteiger partial charge in [-0.2, -0.15) is 0 Å². The van der Waals surface area contributed by atoms with Crippen LogP contribution in [0.1, 0.15) is 10.4 Å². The molecule has 0 spiro atoms. The van der Waals surface area contributed by atoms with Crippen LogP contribution in [0, 0.1) is 0 Å². The molecule has 0 bridgehead atoms. The van der Waals surface area contributed by atoms with Gasteiger partial charge in [-0.3, -0.25) is 4.79 Å². The van der Waals surface area contributed by atoms with Crippen LogP contribution in [-0.4, -0.2) is 32.2 Å². The molecule has 3 aromatic carbocycles. The predicted molar refractivity (Wildman–Crippen MR) is 121 cm³/mol. The minimum atomic E-state index is -0.222. The number of hydrogen-bond donors (Lipinski definition) is 1. The van der Waals surface area contributed by atoms with Crippen molar-refractivity contribution in [3.63, 3.8) is 0 Å². The van der Waals surface area contributed by atoms with Crippen LogP contribution in [0.3, 0.4) is 0 Å². The Morgan fingerprint density at radius 2 is 1.58 bits per heavy atom. The SMILES string of the molecule is COc1ccc(-c2cc(OC)c3cc(NC(=O)c4cccc(OC)c4)ccc3n2)cc1. The molecule has 156 valence electrons. The van der Waals surface area contributed by atoms with Gasteiger partial charge in [-0.1, -0.05) is 6.07 Å². The highest BCUT2D eigenvalue weighted by atomic mass is 16.5. The fourth-order valence-corrected chi connectivity index (χ4v) is 3.32. The van der Waals surface area contributed by atoms with Crippen LogP contribution >= 0.6 is 0 Å². The molecule has 0 aliphatic carbocycles. The number of hydrogen-bond acceptors (Lipinski definition) is 5. The fourth-order valence-electron chi connectivity index (χ4n) is 3.32. The number of nitrogens with one attached hydrogen (secondary N) is 1. The maximum Gasteiger partial charge on any atom is 0.255 e. The molecule has 1 amide bonds. The van der Waals surface area contributed by atoms with Gasteiger partial charge in [0.1, 0.15) is 17.2 Å². The molecule has 31 heavy (non-hydrogen) atoms. The summed E-state index contributed by atoms with van der Waals surface area (Å²) < 4.78 is 16.0. The molecule has 1 heterocycles. The second kappa shape index (κ2) is 8.75. The van der Waals surface area contributed by atoms with Gasteiger partial charge in [0.05, 0.1) is 32.5 Å². The van der Waals surface area contributed by atoms with E-state index >= 15 is 0 Å². The zero-order valence-electron chi connectivity index (χ0n) is 17.5. The summed E-state index contributed by atoms with van der Waals surface area (Å²) in [5.74, 6) is 1.87. The van der Waals surface area contributed by atoms with Gasteiger partial charge >= 0.3 is 0 Å². The molecule has 0 fully saturated rings. The summed E-state index contributed by atoms with van der Waals surface area (Å²) in [5.41, 5.74) is 3.68. The molecule has 6 nitrogen and oxygen atoms in total. The number of nitrogens with zero attached hydrogens (tertiary/aromatic N) is 1. The van der Waals surface area contributed by atoms with E-state index in [4.69, 9.17) is 19.2 Å². The van der Waals surface area contributed by atoms with Crippen LogP contribution < -0.4 is 19.5 Å². The summed E-state index contributed by atoms with van der Waals surface area (Å²) in [6.07, 6.45) is 0. The maximum absolute atomic E-state index is 12.6. The Bertz CT molecular complexity index is 1240. The lowest BCUT2D eigenvalue weighted by molar-refractivity contribution is 0.102. The van der Waals surface area contributed by atoms with E-state index in [9.17, 15) is 4.79 Å². The molecule has 0 saturated carbocycles. The predicted octanol–water partition coefficient (Wildman–Crippen LogP) is 5.18. The summed E-state index contributed by atoms with van der Waals surface area (Å²) in [4.78, 5) is 17.4. The number of rotatable bonds is 6. The van der Waals surface area contributed by atoms with Crippen LogP contribution in [0.2, 0.25) is 0 Å². The smallest absolute Gasteiger partial charge is 0.255 e. The van der Waals surface area contributed by atoms with E-state index in [1.54, 1.807) is 45.6 Å². The normalized spacial score (nSPS) is 10.5. The first-order chi connectivity index (χ1) is 15.1. The number of fused-ring (bicyclic) bond motifs is 1. The number of amides is 1. The van der Waals surface area contributed by atoms with E-state index in [0.717, 1.165) is 27.9 Å². The van der Waals surface area contributed by atoms with Crippen LogP contribution in [0.15, 0.2) is 72.8 Å². The summed E-state index contributed by atoms with van der Waals surface area (Å²) >= 11 is 0. The summed E-state index contributed by atoms with van der Waals surface area (Å²) in [7, 11) is 4.82. The molecule has 4 aromatic rings. The van der Waals surface area contributed by atoms with Gasteiger partial charge in [0, 0.05) is 28.3 Å². The van der Waals surface area contributed by atoms with Crippen LogP contribution in [0.4, 0.5) is 5.69 Å². The molecular weight excluding hydrogens is 392 g/mol. The standard InChI is InChI=1S/C25H22N2O4/c1-29-19-10-7-16(8-11-19)23-15-24(31-3)21-14-18(9-12-22(21)27-23)26-25(28)17-5-4-6-20(13-17)30-2/h4-15H,1-3H3,(H,26,28). The van der Waals surface area contributed by atoms with Crippen molar-refractivity contribution >= 4 is 22.5 Å². The Hall–Kier alpha value is -4.06. The molecular formula is C25H22N2O4. The van der Waals surface area contributed by atoms with Crippen molar-refractivity contribution in [1.29, 1.82) is 0 Å². The Morgan fingerprint density at radius 3 is 2.29 bits per heavy atom. The first kappa shape index (κ1) is 20.2. The zero-order valence-corrected chi connectivity index (χ0v) is 17.5. The van der Waals surface area contributed by atoms with Crippen LogP contribution in [-0.2, 0) is 0 Å². The van der Waals surface area contributed by atoms with E-state index < -0.39 is 0 Å². The first-order valence-electron chi connectivity index (χ1n) is 9.70. The van der Waals surface area contributed by atoms with Gasteiger partial charge in [0.15, 0.2) is 0 Å². The first-order valence-corrected chi connectivity index (χ1v) is 9.70. The molecule has 0 atom stereocenters. The zero-order chi connectivity index (χ0) is 21.8. The topological polar surface area (TPSA) is 69.7 Å². The lowest BCUT2D eigenvalue weighted by Crippen LogP contribution is -2.11. The van der Waals surface area contributed by atoms with Gasteiger partial charge in [-0.05, 0) is 60.7 Å². The molecule has 0 saturated heterocycles. The molecule has 4 rings (SSSR count). The molecule has 0 radical (unpaired) electrons. The van der Waals surface area contributed by atoms with Crippen molar-refractivity contribution in [2.75, 3.05) is 26.6 Å². The lowest BCUT2D eigenvalue weighted by atomic mass is 10.1. The van der Waals surface area contributed by atoms with E-state index in [-0.39, 0.29) is 5.91 Å². The summed E-state index contributed by atoms with van der Waals surface area (Å²) in [5, 5.41) is 3.73. The van der Waals surface area contributed by atoms with Crippen LogP contribution in [0.25, 0.3) is 22.2 Å². The second-order valence-electron chi connectivity index (χ2n) is 6.86. The molecule has 6 heteroatoms. The van der Waals surface area contributed by atoms with Gasteiger partial charge < -0.3 is 19.5 Å². The van der Waals surface area contributed by atoms with Gasteiger partial charge in [0.2, 0.25) is 0 Å². The summed E-state index contributed by atoms with van der Waals surface area (Å²) in [6.45, 7) is 0. The van der Waals surface area contributed by atoms with E-state index in [0.29, 0.717) is 22.7 Å². The number of methoxy groups -OCH3 is 3. The monoisotopic (exact) mass is 414 g/mol. The minimum absolute atomic E-state index is 0.222. The third-order valence-electron chi connectivity index (χ3n) is 4.97. The van der Waals surface area contributed by atoms with E-state index in [1.807, 2.05) is 48.5 Å². The molecule has 0 unspecified atom stereocenters. The highest BCUT2D eigenvalue weighted by Gasteiger charge is 2.12. The van der Waals surface area contributed by atoms with Gasteiger partial charge in [-0.25, -0.2) is 4.98 Å². The van der Waals surface area contributed by atoms with Crippen LogP contribution in [0.5, 0.6) is 17.2 Å². The second-order valence-corrected chi connectivity index (χ2v) is 6.86. The molecule has 1 aromatic heterocycles. The Labute approximate surface area is 180 Å². The van der Waals surface area contributed by atoms with Gasteiger partial charge in [0.25, 0.3) is 5.91 Å². The van der Waals surface area contributed by atoms with Crippen molar-refractivity contribution in [2.24, 2.45) is 0 Å². The molecule has 0 aliphatic rings. The largest absolute Gasteiger partial charge is 0.497 e. The fraction of sp³-hybridized carbons (Fsp3) is 0.120. The van der Waals surface area contributed by atoms with E-state index in [1.165, 1.54) is 0 Å².